The number of pyridine rings is 1. The number of methoxy groups -OCH3 is 2. The highest BCUT2D eigenvalue weighted by molar-refractivity contribution is 6.00. The van der Waals surface area contributed by atoms with Crippen LogP contribution in [0.5, 0.6) is 11.6 Å². The molecule has 1 amide bonds. The predicted molar refractivity (Wildman–Crippen MR) is 181 cm³/mol. The normalized spacial score (nSPS) is 22.5. The maximum Gasteiger partial charge on any atom is 0.254 e. The monoisotopic (exact) mass is 639 g/mol. The van der Waals surface area contributed by atoms with Crippen LogP contribution in [0.2, 0.25) is 0 Å². The largest absolute Gasteiger partial charge is 0.494 e. The molecule has 3 aliphatic carbocycles. The first-order valence-corrected chi connectivity index (χ1v) is 17.1. The first kappa shape index (κ1) is 27.9. The number of benzene rings is 2. The van der Waals surface area contributed by atoms with Crippen molar-refractivity contribution >= 4 is 27.8 Å². The molecule has 4 aromatic heterocycles. The summed E-state index contributed by atoms with van der Waals surface area (Å²) in [6.07, 6.45) is 10.5. The number of nitrogens with zero attached hydrogens (tertiary/aromatic N) is 7. The molecule has 1 aliphatic heterocycles. The zero-order valence-electron chi connectivity index (χ0n) is 27.1. The molecule has 3 saturated carbocycles. The lowest BCUT2D eigenvalue weighted by molar-refractivity contribution is -0.0204. The van der Waals surface area contributed by atoms with Gasteiger partial charge >= 0.3 is 0 Å². The van der Waals surface area contributed by atoms with Gasteiger partial charge in [-0.25, -0.2) is 14.6 Å². The quantitative estimate of drug-likeness (QED) is 0.187. The van der Waals surface area contributed by atoms with Gasteiger partial charge in [0.25, 0.3) is 5.91 Å². The Morgan fingerprint density at radius 1 is 0.979 bits per heavy atom. The topological polar surface area (TPSA) is 92.2 Å². The molecule has 4 fully saturated rings. The van der Waals surface area contributed by atoms with Crippen LogP contribution >= 0.6 is 0 Å². The maximum absolute atomic E-state index is 14.1. The fraction of sp³-hybridized carbons (Fsp3) is 0.368. The molecule has 4 aliphatic rings. The lowest BCUT2D eigenvalue weighted by atomic mass is 9.53. The van der Waals surface area contributed by atoms with Crippen LogP contribution in [-0.4, -0.2) is 66.5 Å². The SMILES string of the molecule is COc1ncccc1-n1cc(Cn2c(-c3cc4ccccc4n3CC3CC3)nc3cc(C(=O)N4CC5CC6CC4[C@H]65)cc(OC)c32)cn1. The molecule has 0 bridgehead atoms. The molecular formula is C38H37N7O3. The Balaban J connectivity index is 1.12. The van der Waals surface area contributed by atoms with E-state index in [4.69, 9.17) is 14.5 Å². The number of aromatic nitrogens is 6. The number of ether oxygens (including phenoxy) is 2. The molecule has 10 rings (SSSR count). The van der Waals surface area contributed by atoms with Crippen LogP contribution in [0.4, 0.5) is 0 Å². The van der Waals surface area contributed by atoms with Crippen molar-refractivity contribution in [3.8, 4) is 28.8 Å². The number of imidazole rings is 1. The number of hydrogen-bond acceptors (Lipinski definition) is 6. The molecular weight excluding hydrogens is 602 g/mol. The molecule has 10 nitrogen and oxygen atoms in total. The first-order valence-electron chi connectivity index (χ1n) is 17.1. The van der Waals surface area contributed by atoms with Crippen molar-refractivity contribution < 1.29 is 14.3 Å². The van der Waals surface area contributed by atoms with Crippen molar-refractivity contribution in [2.24, 2.45) is 23.7 Å². The summed E-state index contributed by atoms with van der Waals surface area (Å²) in [5.41, 5.74) is 6.29. The van der Waals surface area contributed by atoms with E-state index >= 15 is 0 Å². The van der Waals surface area contributed by atoms with Crippen molar-refractivity contribution in [1.29, 1.82) is 0 Å². The zero-order valence-corrected chi connectivity index (χ0v) is 27.1. The summed E-state index contributed by atoms with van der Waals surface area (Å²) >= 11 is 0. The summed E-state index contributed by atoms with van der Waals surface area (Å²) in [5, 5.41) is 5.87. The summed E-state index contributed by atoms with van der Waals surface area (Å²) in [6.45, 7) is 2.32. The van der Waals surface area contributed by atoms with E-state index in [1.807, 2.05) is 36.7 Å². The van der Waals surface area contributed by atoms with Gasteiger partial charge in [0, 0.05) is 53.6 Å². The van der Waals surface area contributed by atoms with Crippen molar-refractivity contribution in [3.63, 3.8) is 0 Å². The van der Waals surface area contributed by atoms with Crippen molar-refractivity contribution in [3.05, 3.63) is 84.3 Å². The lowest BCUT2D eigenvalue weighted by Crippen LogP contribution is -2.53. The van der Waals surface area contributed by atoms with Gasteiger partial charge in [0.05, 0.1) is 38.2 Å². The Bertz CT molecular complexity index is 2240. The Hall–Kier alpha value is -5.12. The van der Waals surface area contributed by atoms with Crippen molar-refractivity contribution in [2.45, 2.75) is 44.8 Å². The molecule has 0 N–H and O–H groups in total. The fourth-order valence-electron chi connectivity index (χ4n) is 8.84. The molecule has 10 heteroatoms. The summed E-state index contributed by atoms with van der Waals surface area (Å²) in [7, 11) is 3.30. The highest BCUT2D eigenvalue weighted by Gasteiger charge is 2.61. The molecule has 0 spiro atoms. The van der Waals surface area contributed by atoms with Crippen LogP contribution < -0.4 is 9.47 Å². The van der Waals surface area contributed by atoms with E-state index < -0.39 is 0 Å². The van der Waals surface area contributed by atoms with Gasteiger partial charge in [0.15, 0.2) is 5.82 Å². The van der Waals surface area contributed by atoms with E-state index in [2.05, 4.69) is 54.4 Å². The third-order valence-electron chi connectivity index (χ3n) is 11.4. The van der Waals surface area contributed by atoms with E-state index in [1.54, 1.807) is 25.1 Å². The second-order valence-corrected chi connectivity index (χ2v) is 14.1. The van der Waals surface area contributed by atoms with Gasteiger partial charge in [0.1, 0.15) is 17.0 Å². The Morgan fingerprint density at radius 3 is 2.69 bits per heavy atom. The predicted octanol–water partition coefficient (Wildman–Crippen LogP) is 6.19. The van der Waals surface area contributed by atoms with Gasteiger partial charge in [-0.3, -0.25) is 4.79 Å². The van der Waals surface area contributed by atoms with Gasteiger partial charge in [-0.2, -0.15) is 5.10 Å². The van der Waals surface area contributed by atoms with E-state index in [1.165, 1.54) is 30.2 Å². The minimum Gasteiger partial charge on any atom is -0.494 e. The third kappa shape index (κ3) is 4.17. The Kier molecular flexibility index (Phi) is 6.08. The molecule has 2 aromatic carbocycles. The van der Waals surface area contributed by atoms with Crippen LogP contribution in [0.25, 0.3) is 39.1 Å². The van der Waals surface area contributed by atoms with E-state index in [0.717, 1.165) is 59.2 Å². The number of carbonyl (C=O) groups excluding carboxylic acids is 1. The molecule has 6 aromatic rings. The molecule has 4 atom stereocenters. The second-order valence-electron chi connectivity index (χ2n) is 14.1. The number of likely N-dealkylation sites (tertiary alicyclic amines) is 1. The van der Waals surface area contributed by atoms with Gasteiger partial charge in [-0.05, 0) is 85.8 Å². The van der Waals surface area contributed by atoms with Crippen molar-refractivity contribution in [2.75, 3.05) is 20.8 Å². The standard InChI is InChI=1S/C38H37N7O3/c1-47-33-16-26(38(46)43-21-27-12-25-15-31(43)34(25)27)13-28-35(33)44(19-23-17-40-45(20-23)30-8-5-11-39-37(30)48-2)36(41-28)32-14-24-6-3-4-7-29(24)42(32)18-22-9-10-22/h3-8,11,13-14,16-17,20,22,25,27,31,34H,9-10,12,15,18-19,21H2,1-2H3/t25?,27?,31?,34-/m1/s1. The van der Waals surface area contributed by atoms with E-state index in [0.29, 0.717) is 47.5 Å². The number of fused-ring (bicyclic) bond motifs is 2. The van der Waals surface area contributed by atoms with Gasteiger partial charge in [0.2, 0.25) is 5.88 Å². The van der Waals surface area contributed by atoms with Crippen LogP contribution in [0, 0.1) is 23.7 Å². The zero-order chi connectivity index (χ0) is 32.1. The summed E-state index contributed by atoms with van der Waals surface area (Å²) in [4.78, 5) is 25.9. The molecule has 3 unspecified atom stereocenters. The van der Waals surface area contributed by atoms with Crippen LogP contribution in [0.3, 0.4) is 0 Å². The maximum atomic E-state index is 14.1. The minimum atomic E-state index is 0.0960. The number of amides is 1. The number of hydrogen-bond donors (Lipinski definition) is 0. The molecule has 48 heavy (non-hydrogen) atoms. The highest BCUT2D eigenvalue weighted by atomic mass is 16.5. The fourth-order valence-corrected chi connectivity index (χ4v) is 8.84. The van der Waals surface area contributed by atoms with Crippen LogP contribution in [0.15, 0.2) is 73.2 Å². The molecule has 1 saturated heterocycles. The average molecular weight is 640 g/mol. The number of para-hydroxylation sites is 1. The molecule has 242 valence electrons. The average Bonchev–Trinajstić information content (AvgIpc) is 3.50. The third-order valence-corrected chi connectivity index (χ3v) is 11.4. The highest BCUT2D eigenvalue weighted by Crippen LogP contribution is 2.60. The second kappa shape index (κ2) is 10.4. The van der Waals surface area contributed by atoms with Crippen molar-refractivity contribution in [1.82, 2.24) is 33.8 Å². The Morgan fingerprint density at radius 2 is 1.88 bits per heavy atom. The number of rotatable bonds is 9. The smallest absolute Gasteiger partial charge is 0.254 e. The van der Waals surface area contributed by atoms with Crippen LogP contribution in [0.1, 0.15) is 41.6 Å². The van der Waals surface area contributed by atoms with Gasteiger partial charge in [-0.1, -0.05) is 18.2 Å². The summed E-state index contributed by atoms with van der Waals surface area (Å²) in [6, 6.07) is 18.9. The van der Waals surface area contributed by atoms with E-state index in [9.17, 15) is 4.79 Å². The molecule has 0 radical (unpaired) electrons. The summed E-state index contributed by atoms with van der Waals surface area (Å²) < 4.78 is 18.1. The van der Waals surface area contributed by atoms with Gasteiger partial charge in [-0.15, -0.1) is 0 Å². The first-order chi connectivity index (χ1) is 23.6. The summed E-state index contributed by atoms with van der Waals surface area (Å²) in [5.74, 6) is 4.99. The lowest BCUT2D eigenvalue weighted by Gasteiger charge is -2.52. The number of carbonyl (C=O) groups is 1. The van der Waals surface area contributed by atoms with Crippen LogP contribution in [-0.2, 0) is 13.1 Å². The minimum absolute atomic E-state index is 0.0960. The van der Waals surface area contributed by atoms with E-state index in [-0.39, 0.29) is 5.91 Å². The Labute approximate surface area is 277 Å². The molecule has 5 heterocycles. The van der Waals surface area contributed by atoms with Gasteiger partial charge < -0.3 is 23.5 Å².